The molecule has 0 aliphatic rings. The number of carbonyl (C=O) groups is 1. The third-order valence-corrected chi connectivity index (χ3v) is 3.85. The molecule has 0 fully saturated rings. The summed E-state index contributed by atoms with van der Waals surface area (Å²) >= 11 is 0. The highest BCUT2D eigenvalue weighted by Gasteiger charge is 2.15. The predicted molar refractivity (Wildman–Crippen MR) is 112 cm³/mol. The maximum absolute atomic E-state index is 11.6. The van der Waals surface area contributed by atoms with E-state index in [0.717, 1.165) is 5.69 Å². The molecular weight excluding hydrogens is 388 g/mol. The third-order valence-electron chi connectivity index (χ3n) is 3.85. The van der Waals surface area contributed by atoms with Crippen LogP contribution in [0.15, 0.2) is 40.9 Å². The second-order valence-corrected chi connectivity index (χ2v) is 7.48. The summed E-state index contributed by atoms with van der Waals surface area (Å²) in [6.07, 6.45) is 1.18. The molecule has 1 aromatic carbocycles. The van der Waals surface area contributed by atoms with Crippen molar-refractivity contribution in [3.63, 3.8) is 0 Å². The van der Waals surface area contributed by atoms with E-state index in [1.54, 1.807) is 25.4 Å². The molecule has 0 saturated heterocycles. The molecule has 0 spiro atoms. The Labute approximate surface area is 174 Å². The Kier molecular flexibility index (Phi) is 6.61. The van der Waals surface area contributed by atoms with Crippen LogP contribution in [0.5, 0.6) is 11.5 Å². The number of pyridine rings is 1. The minimum atomic E-state index is -0.527. The number of carbonyl (C=O) groups excluding carboxylic acids is 1. The molecule has 160 valence electrons. The Bertz CT molecular complexity index is 979. The molecule has 2 aromatic heterocycles. The van der Waals surface area contributed by atoms with Gasteiger partial charge in [0.15, 0.2) is 5.58 Å². The van der Waals surface area contributed by atoms with Gasteiger partial charge in [-0.05, 0) is 45.0 Å². The summed E-state index contributed by atoms with van der Waals surface area (Å²) in [5, 5.41) is 5.69. The fourth-order valence-electron chi connectivity index (χ4n) is 2.50. The fourth-order valence-corrected chi connectivity index (χ4v) is 2.50. The smallest absolute Gasteiger partial charge is 0.407 e. The lowest BCUT2D eigenvalue weighted by molar-refractivity contribution is 0.0530. The van der Waals surface area contributed by atoms with Gasteiger partial charge in [-0.15, -0.1) is 0 Å². The SMILES string of the molecule is COc1ccc(COc2ccc3oc(NCCNC(=O)OC(C)(C)C)nc3c2)nc1. The van der Waals surface area contributed by atoms with Crippen molar-refractivity contribution >= 4 is 23.2 Å². The van der Waals surface area contributed by atoms with Crippen LogP contribution in [0.1, 0.15) is 26.5 Å². The lowest BCUT2D eigenvalue weighted by atomic mass is 10.2. The van der Waals surface area contributed by atoms with Crippen molar-refractivity contribution in [2.24, 2.45) is 0 Å². The van der Waals surface area contributed by atoms with Crippen LogP contribution in [0.25, 0.3) is 11.1 Å². The van der Waals surface area contributed by atoms with Gasteiger partial charge in [0.1, 0.15) is 29.2 Å². The average molecular weight is 414 g/mol. The van der Waals surface area contributed by atoms with Gasteiger partial charge in [0.2, 0.25) is 0 Å². The van der Waals surface area contributed by atoms with Crippen molar-refractivity contribution in [1.82, 2.24) is 15.3 Å². The molecule has 0 radical (unpaired) electrons. The van der Waals surface area contributed by atoms with E-state index >= 15 is 0 Å². The van der Waals surface area contributed by atoms with Crippen LogP contribution in [0.3, 0.4) is 0 Å². The number of hydrogen-bond donors (Lipinski definition) is 2. The number of anilines is 1. The summed E-state index contributed by atoms with van der Waals surface area (Å²) in [7, 11) is 1.60. The van der Waals surface area contributed by atoms with E-state index in [0.29, 0.717) is 48.3 Å². The number of amides is 1. The number of hydrogen-bond acceptors (Lipinski definition) is 8. The normalized spacial score (nSPS) is 11.2. The molecule has 0 unspecified atom stereocenters. The standard InChI is InChI=1S/C21H26N4O5/c1-21(2,3)30-20(26)23-10-9-22-19-25-17-11-15(7-8-18(17)29-19)28-13-14-5-6-16(27-4)12-24-14/h5-8,11-12H,9-10,13H2,1-4H3,(H,22,25)(H,23,26). The van der Waals surface area contributed by atoms with Gasteiger partial charge in [0.05, 0.1) is 19.0 Å². The van der Waals surface area contributed by atoms with Gasteiger partial charge >= 0.3 is 6.09 Å². The van der Waals surface area contributed by atoms with Crippen LogP contribution >= 0.6 is 0 Å². The second kappa shape index (κ2) is 9.34. The van der Waals surface area contributed by atoms with E-state index in [1.807, 2.05) is 39.0 Å². The second-order valence-electron chi connectivity index (χ2n) is 7.48. The quantitative estimate of drug-likeness (QED) is 0.537. The first-order valence-corrected chi connectivity index (χ1v) is 9.55. The van der Waals surface area contributed by atoms with E-state index in [4.69, 9.17) is 18.6 Å². The van der Waals surface area contributed by atoms with E-state index in [1.165, 1.54) is 0 Å². The molecule has 3 rings (SSSR count). The fraction of sp³-hybridized carbons (Fsp3) is 0.381. The lowest BCUT2D eigenvalue weighted by Gasteiger charge is -2.19. The van der Waals surface area contributed by atoms with Crippen LogP contribution in [0.4, 0.5) is 10.8 Å². The number of rotatable bonds is 8. The Morgan fingerprint density at radius 2 is 1.93 bits per heavy atom. The van der Waals surface area contributed by atoms with Crippen molar-refractivity contribution in [2.75, 3.05) is 25.5 Å². The first-order valence-electron chi connectivity index (χ1n) is 9.55. The average Bonchev–Trinajstić information content (AvgIpc) is 3.11. The Morgan fingerprint density at radius 1 is 1.13 bits per heavy atom. The summed E-state index contributed by atoms with van der Waals surface area (Å²) in [6.45, 7) is 6.59. The van der Waals surface area contributed by atoms with Crippen molar-refractivity contribution < 1.29 is 23.4 Å². The minimum Gasteiger partial charge on any atom is -0.495 e. The van der Waals surface area contributed by atoms with Crippen LogP contribution in [-0.2, 0) is 11.3 Å². The molecule has 3 aromatic rings. The lowest BCUT2D eigenvalue weighted by Crippen LogP contribution is -2.35. The number of alkyl carbamates (subject to hydrolysis) is 1. The van der Waals surface area contributed by atoms with Crippen molar-refractivity contribution in [3.8, 4) is 11.5 Å². The predicted octanol–water partition coefficient (Wildman–Crippen LogP) is 3.75. The van der Waals surface area contributed by atoms with Gasteiger partial charge in [-0.3, -0.25) is 4.98 Å². The molecule has 9 heteroatoms. The largest absolute Gasteiger partial charge is 0.495 e. The van der Waals surface area contributed by atoms with E-state index < -0.39 is 11.7 Å². The first-order chi connectivity index (χ1) is 14.3. The highest BCUT2D eigenvalue weighted by molar-refractivity contribution is 5.76. The maximum Gasteiger partial charge on any atom is 0.407 e. The molecule has 1 amide bonds. The van der Waals surface area contributed by atoms with Crippen LogP contribution in [-0.4, -0.2) is 41.9 Å². The summed E-state index contributed by atoms with van der Waals surface area (Å²) in [5.41, 5.74) is 1.56. The number of nitrogens with one attached hydrogen (secondary N) is 2. The van der Waals surface area contributed by atoms with Crippen molar-refractivity contribution in [2.45, 2.75) is 33.0 Å². The molecule has 0 saturated carbocycles. The van der Waals surface area contributed by atoms with Gasteiger partial charge in [0.25, 0.3) is 6.01 Å². The minimum absolute atomic E-state index is 0.328. The van der Waals surface area contributed by atoms with Crippen molar-refractivity contribution in [3.05, 3.63) is 42.2 Å². The number of fused-ring (bicyclic) bond motifs is 1. The molecular formula is C21H26N4O5. The molecule has 0 aliphatic heterocycles. The summed E-state index contributed by atoms with van der Waals surface area (Å²) in [6, 6.07) is 9.45. The highest BCUT2D eigenvalue weighted by atomic mass is 16.6. The monoisotopic (exact) mass is 414 g/mol. The molecule has 0 aliphatic carbocycles. The van der Waals surface area contributed by atoms with Crippen LogP contribution < -0.4 is 20.1 Å². The Hall–Kier alpha value is -3.49. The molecule has 0 atom stereocenters. The molecule has 2 N–H and O–H groups in total. The zero-order valence-electron chi connectivity index (χ0n) is 17.5. The Balaban J connectivity index is 1.49. The number of nitrogens with zero attached hydrogens (tertiary/aromatic N) is 2. The summed E-state index contributed by atoms with van der Waals surface area (Å²) in [5.74, 6) is 1.36. The molecule has 2 heterocycles. The van der Waals surface area contributed by atoms with Gasteiger partial charge in [0, 0.05) is 19.2 Å². The van der Waals surface area contributed by atoms with E-state index in [9.17, 15) is 4.79 Å². The topological polar surface area (TPSA) is 108 Å². The highest BCUT2D eigenvalue weighted by Crippen LogP contribution is 2.24. The van der Waals surface area contributed by atoms with Gasteiger partial charge in [-0.25, -0.2) is 4.79 Å². The maximum atomic E-state index is 11.6. The number of benzene rings is 1. The number of ether oxygens (including phenoxy) is 3. The summed E-state index contributed by atoms with van der Waals surface area (Å²) in [4.78, 5) is 20.3. The first kappa shape index (κ1) is 21.2. The van der Waals surface area contributed by atoms with Crippen molar-refractivity contribution in [1.29, 1.82) is 0 Å². The zero-order chi connectivity index (χ0) is 21.6. The molecule has 9 nitrogen and oxygen atoms in total. The number of oxazole rings is 1. The van der Waals surface area contributed by atoms with E-state index in [-0.39, 0.29) is 0 Å². The zero-order valence-corrected chi connectivity index (χ0v) is 17.5. The van der Waals surface area contributed by atoms with E-state index in [2.05, 4.69) is 20.6 Å². The Morgan fingerprint density at radius 3 is 2.63 bits per heavy atom. The number of aromatic nitrogens is 2. The molecule has 30 heavy (non-hydrogen) atoms. The third kappa shape index (κ3) is 6.26. The van der Waals surface area contributed by atoms with Crippen LogP contribution in [0, 0.1) is 0 Å². The van der Waals surface area contributed by atoms with Gasteiger partial charge < -0.3 is 29.3 Å². The summed E-state index contributed by atoms with van der Waals surface area (Å²) < 4.78 is 21.7. The van der Waals surface area contributed by atoms with Crippen LogP contribution in [0.2, 0.25) is 0 Å². The molecule has 0 bridgehead atoms. The van der Waals surface area contributed by atoms with Gasteiger partial charge in [-0.1, -0.05) is 0 Å². The van der Waals surface area contributed by atoms with Gasteiger partial charge in [-0.2, -0.15) is 4.98 Å². The number of methoxy groups -OCH3 is 1.